The van der Waals surface area contributed by atoms with Gasteiger partial charge in [0.25, 0.3) is 0 Å². The van der Waals surface area contributed by atoms with Crippen molar-refractivity contribution >= 4 is 11.9 Å². The van der Waals surface area contributed by atoms with E-state index in [0.717, 1.165) is 25.2 Å². The lowest BCUT2D eigenvalue weighted by Crippen LogP contribution is -2.55. The SMILES string of the molecule is CC(=O)OC1CCC2(C)C(CCC3C2CCC24C(=O)OC(C)C2CCC34)C1. The standard InChI is InChI=1S/C23H34O4/c1-13-18-6-7-20-17-5-4-15-12-16(27-14(2)24)8-10-22(15,3)19(17)9-11-23(18,20)21(25)26-13/h13,15-20H,4-12H2,1-3H3. The van der Waals surface area contributed by atoms with E-state index >= 15 is 0 Å². The number of hydrogen-bond donors (Lipinski definition) is 0. The summed E-state index contributed by atoms with van der Waals surface area (Å²) in [7, 11) is 0. The van der Waals surface area contributed by atoms with Crippen LogP contribution in [0.3, 0.4) is 0 Å². The van der Waals surface area contributed by atoms with Crippen LogP contribution in [0.2, 0.25) is 0 Å². The van der Waals surface area contributed by atoms with Crippen LogP contribution in [0.5, 0.6) is 0 Å². The molecule has 0 bridgehead atoms. The van der Waals surface area contributed by atoms with Gasteiger partial charge in [0.05, 0.1) is 5.41 Å². The highest BCUT2D eigenvalue weighted by atomic mass is 16.6. The van der Waals surface area contributed by atoms with Gasteiger partial charge in [-0.25, -0.2) is 0 Å². The number of cyclic esters (lactones) is 1. The second kappa shape index (κ2) is 5.97. The second-order valence-electron chi connectivity index (χ2n) is 10.5. The number of esters is 2. The molecule has 4 heteroatoms. The Balaban J connectivity index is 1.40. The maximum atomic E-state index is 12.9. The third-order valence-electron chi connectivity index (χ3n) is 9.77. The van der Waals surface area contributed by atoms with Gasteiger partial charge in [0.1, 0.15) is 12.2 Å². The topological polar surface area (TPSA) is 52.6 Å². The molecule has 0 N–H and O–H groups in total. The molecule has 4 nitrogen and oxygen atoms in total. The van der Waals surface area contributed by atoms with Gasteiger partial charge in [0.2, 0.25) is 0 Å². The molecule has 5 rings (SSSR count). The summed E-state index contributed by atoms with van der Waals surface area (Å²) in [5.41, 5.74) is 0.201. The molecule has 0 aromatic heterocycles. The summed E-state index contributed by atoms with van der Waals surface area (Å²) >= 11 is 0. The van der Waals surface area contributed by atoms with Gasteiger partial charge in [-0.15, -0.1) is 0 Å². The molecule has 5 aliphatic rings. The normalized spacial score (nSPS) is 53.6. The zero-order valence-electron chi connectivity index (χ0n) is 17.0. The third-order valence-corrected chi connectivity index (χ3v) is 9.77. The van der Waals surface area contributed by atoms with E-state index < -0.39 is 0 Å². The molecule has 0 radical (unpaired) electrons. The maximum Gasteiger partial charge on any atom is 0.313 e. The number of ether oxygens (including phenoxy) is 2. The lowest BCUT2D eigenvalue weighted by Gasteiger charge is -2.60. The molecule has 9 atom stereocenters. The first-order valence-corrected chi connectivity index (χ1v) is 11.2. The van der Waals surface area contributed by atoms with Crippen LogP contribution in [0, 0.1) is 40.4 Å². The van der Waals surface area contributed by atoms with Crippen LogP contribution in [0.4, 0.5) is 0 Å². The molecular formula is C23H34O4. The highest BCUT2D eigenvalue weighted by Gasteiger charge is 2.68. The summed E-state index contributed by atoms with van der Waals surface area (Å²) in [5.74, 6) is 3.08. The molecule has 150 valence electrons. The largest absolute Gasteiger partial charge is 0.463 e. The average molecular weight is 375 g/mol. The van der Waals surface area contributed by atoms with E-state index in [9.17, 15) is 9.59 Å². The minimum Gasteiger partial charge on any atom is -0.463 e. The third kappa shape index (κ3) is 2.34. The summed E-state index contributed by atoms with van der Waals surface area (Å²) in [6, 6.07) is 0. The molecule has 4 saturated carbocycles. The summed E-state index contributed by atoms with van der Waals surface area (Å²) in [5, 5.41) is 0. The number of hydrogen-bond acceptors (Lipinski definition) is 4. The Morgan fingerprint density at radius 1 is 1.04 bits per heavy atom. The molecule has 0 aromatic rings. The molecule has 4 aliphatic carbocycles. The van der Waals surface area contributed by atoms with Gasteiger partial charge in [-0.1, -0.05) is 6.92 Å². The lowest BCUT2D eigenvalue weighted by atomic mass is 9.44. The molecule has 5 fully saturated rings. The predicted molar refractivity (Wildman–Crippen MR) is 101 cm³/mol. The predicted octanol–water partition coefficient (Wildman–Crippen LogP) is 4.50. The first kappa shape index (κ1) is 18.0. The van der Waals surface area contributed by atoms with Crippen molar-refractivity contribution in [2.75, 3.05) is 0 Å². The van der Waals surface area contributed by atoms with Gasteiger partial charge >= 0.3 is 11.9 Å². The molecule has 1 heterocycles. The van der Waals surface area contributed by atoms with Crippen molar-refractivity contribution in [3.63, 3.8) is 0 Å². The minimum atomic E-state index is -0.154. The monoisotopic (exact) mass is 374 g/mol. The Hall–Kier alpha value is -1.06. The molecule has 1 spiro atoms. The van der Waals surface area contributed by atoms with Gasteiger partial charge in [0.15, 0.2) is 0 Å². The van der Waals surface area contributed by atoms with Gasteiger partial charge in [-0.05, 0) is 93.8 Å². The fraction of sp³-hybridized carbons (Fsp3) is 0.913. The Bertz CT molecular complexity index is 659. The van der Waals surface area contributed by atoms with Crippen molar-refractivity contribution in [2.45, 2.75) is 90.8 Å². The second-order valence-corrected chi connectivity index (χ2v) is 10.5. The molecule has 9 unspecified atom stereocenters. The van der Waals surface area contributed by atoms with Crippen LogP contribution in [-0.4, -0.2) is 24.1 Å². The average Bonchev–Trinajstić information content (AvgIpc) is 3.11. The smallest absolute Gasteiger partial charge is 0.313 e. The van der Waals surface area contributed by atoms with Gasteiger partial charge < -0.3 is 9.47 Å². The summed E-state index contributed by atoms with van der Waals surface area (Å²) in [6.45, 7) is 6.16. The van der Waals surface area contributed by atoms with Crippen molar-refractivity contribution in [3.8, 4) is 0 Å². The van der Waals surface area contributed by atoms with E-state index in [1.807, 2.05) is 0 Å². The van der Waals surface area contributed by atoms with Crippen molar-refractivity contribution in [1.82, 2.24) is 0 Å². The van der Waals surface area contributed by atoms with Crippen LogP contribution in [0.25, 0.3) is 0 Å². The number of rotatable bonds is 1. The van der Waals surface area contributed by atoms with Crippen molar-refractivity contribution < 1.29 is 19.1 Å². The first-order chi connectivity index (χ1) is 12.9. The van der Waals surface area contributed by atoms with Crippen LogP contribution in [-0.2, 0) is 19.1 Å². The summed E-state index contributed by atoms with van der Waals surface area (Å²) < 4.78 is 11.3. The Kier molecular flexibility index (Phi) is 3.98. The van der Waals surface area contributed by atoms with Gasteiger partial charge in [-0.2, -0.15) is 0 Å². The highest BCUT2D eigenvalue weighted by molar-refractivity contribution is 5.81. The van der Waals surface area contributed by atoms with E-state index in [0.29, 0.717) is 29.1 Å². The van der Waals surface area contributed by atoms with Crippen molar-refractivity contribution in [3.05, 3.63) is 0 Å². The van der Waals surface area contributed by atoms with Crippen molar-refractivity contribution in [2.24, 2.45) is 40.4 Å². The molecule has 0 amide bonds. The zero-order valence-corrected chi connectivity index (χ0v) is 17.0. The highest BCUT2D eigenvalue weighted by Crippen LogP contribution is 2.69. The van der Waals surface area contributed by atoms with Crippen LogP contribution in [0.1, 0.15) is 78.6 Å². The Morgan fingerprint density at radius 2 is 1.81 bits per heavy atom. The maximum absolute atomic E-state index is 12.9. The van der Waals surface area contributed by atoms with E-state index in [2.05, 4.69) is 13.8 Å². The van der Waals surface area contributed by atoms with E-state index in [4.69, 9.17) is 9.47 Å². The zero-order chi connectivity index (χ0) is 19.0. The van der Waals surface area contributed by atoms with Crippen LogP contribution >= 0.6 is 0 Å². The summed E-state index contributed by atoms with van der Waals surface area (Å²) in [4.78, 5) is 24.3. The van der Waals surface area contributed by atoms with E-state index in [1.54, 1.807) is 0 Å². The Labute approximate surface area is 162 Å². The Morgan fingerprint density at radius 3 is 2.59 bits per heavy atom. The van der Waals surface area contributed by atoms with Gasteiger partial charge in [0, 0.05) is 12.8 Å². The number of carbonyl (C=O) groups is 2. The van der Waals surface area contributed by atoms with E-state index in [-0.39, 0.29) is 29.6 Å². The van der Waals surface area contributed by atoms with Gasteiger partial charge in [-0.3, -0.25) is 9.59 Å². The number of carbonyl (C=O) groups excluding carboxylic acids is 2. The fourth-order valence-electron chi connectivity index (χ4n) is 8.70. The molecule has 1 aliphatic heterocycles. The molecular weight excluding hydrogens is 340 g/mol. The molecule has 1 saturated heterocycles. The van der Waals surface area contributed by atoms with Crippen LogP contribution < -0.4 is 0 Å². The quantitative estimate of drug-likeness (QED) is 0.634. The first-order valence-electron chi connectivity index (χ1n) is 11.2. The van der Waals surface area contributed by atoms with Crippen molar-refractivity contribution in [1.29, 1.82) is 0 Å². The lowest BCUT2D eigenvalue weighted by molar-refractivity contribution is -0.167. The fourth-order valence-corrected chi connectivity index (χ4v) is 8.70. The minimum absolute atomic E-state index is 0.116. The summed E-state index contributed by atoms with van der Waals surface area (Å²) in [6.07, 6.45) is 10.6. The molecule has 0 aromatic carbocycles. The van der Waals surface area contributed by atoms with Crippen LogP contribution in [0.15, 0.2) is 0 Å². The molecule has 27 heavy (non-hydrogen) atoms. The number of fused-ring (bicyclic) bond motifs is 4. The van der Waals surface area contributed by atoms with E-state index in [1.165, 1.54) is 45.4 Å².